The monoisotopic (exact) mass is 378 g/mol. The van der Waals surface area contributed by atoms with Crippen LogP contribution in [0.1, 0.15) is 20.8 Å². The number of alkyl halides is 4. The molecule has 0 atom stereocenters. The SMILES string of the molecule is COC(=O)c1sc(-c2ccc(C(F)(F)F)cc2)cc1CBr. The van der Waals surface area contributed by atoms with Crippen LogP contribution in [0.4, 0.5) is 13.2 Å². The Balaban J connectivity index is 2.38. The molecule has 2 aromatic rings. The molecule has 0 saturated carbocycles. The molecule has 0 spiro atoms. The first-order chi connectivity index (χ1) is 9.86. The van der Waals surface area contributed by atoms with Crippen molar-refractivity contribution in [3.8, 4) is 10.4 Å². The number of methoxy groups -OCH3 is 1. The van der Waals surface area contributed by atoms with Gasteiger partial charge in [0.05, 0.1) is 12.7 Å². The Morgan fingerprint density at radius 2 is 1.90 bits per heavy atom. The molecule has 1 heterocycles. The Labute approximate surface area is 131 Å². The van der Waals surface area contributed by atoms with E-state index >= 15 is 0 Å². The average Bonchev–Trinajstić information content (AvgIpc) is 2.90. The van der Waals surface area contributed by atoms with Crippen molar-refractivity contribution in [2.75, 3.05) is 7.11 Å². The largest absolute Gasteiger partial charge is 0.465 e. The fourth-order valence-corrected chi connectivity index (χ4v) is 3.49. The molecule has 1 aromatic carbocycles. The third-order valence-electron chi connectivity index (χ3n) is 2.82. The molecule has 112 valence electrons. The van der Waals surface area contributed by atoms with Crippen LogP contribution < -0.4 is 0 Å². The number of esters is 1. The standard InChI is InChI=1S/C14H10BrF3O2S/c1-20-13(19)12-9(7-15)6-11(21-12)8-2-4-10(5-3-8)14(16,17)18/h2-6H,7H2,1H3. The van der Waals surface area contributed by atoms with Crippen molar-refractivity contribution in [2.24, 2.45) is 0 Å². The third kappa shape index (κ3) is 3.47. The quantitative estimate of drug-likeness (QED) is 0.547. The summed E-state index contributed by atoms with van der Waals surface area (Å²) in [7, 11) is 1.29. The van der Waals surface area contributed by atoms with Gasteiger partial charge in [0.2, 0.25) is 0 Å². The van der Waals surface area contributed by atoms with Crippen LogP contribution >= 0.6 is 27.3 Å². The molecule has 1 aromatic heterocycles. The highest BCUT2D eigenvalue weighted by molar-refractivity contribution is 9.08. The van der Waals surface area contributed by atoms with E-state index in [1.54, 1.807) is 6.07 Å². The lowest BCUT2D eigenvalue weighted by molar-refractivity contribution is -0.137. The van der Waals surface area contributed by atoms with Crippen LogP contribution in [-0.2, 0) is 16.2 Å². The minimum Gasteiger partial charge on any atom is -0.465 e. The highest BCUT2D eigenvalue weighted by Crippen LogP contribution is 2.35. The molecule has 2 rings (SSSR count). The molecule has 21 heavy (non-hydrogen) atoms. The molecule has 0 aliphatic heterocycles. The highest BCUT2D eigenvalue weighted by Gasteiger charge is 2.30. The van der Waals surface area contributed by atoms with Gasteiger partial charge < -0.3 is 4.74 Å². The number of ether oxygens (including phenoxy) is 1. The van der Waals surface area contributed by atoms with Crippen LogP contribution in [0.3, 0.4) is 0 Å². The van der Waals surface area contributed by atoms with Crippen LogP contribution in [0, 0.1) is 0 Å². The van der Waals surface area contributed by atoms with Gasteiger partial charge in [-0.3, -0.25) is 0 Å². The van der Waals surface area contributed by atoms with Crippen molar-refractivity contribution >= 4 is 33.2 Å². The van der Waals surface area contributed by atoms with E-state index in [0.717, 1.165) is 22.6 Å². The number of carbonyl (C=O) groups is 1. The lowest BCUT2D eigenvalue weighted by Gasteiger charge is -2.06. The molecular weight excluding hydrogens is 369 g/mol. The number of thiophene rings is 1. The minimum absolute atomic E-state index is 0.448. The van der Waals surface area contributed by atoms with Gasteiger partial charge in [-0.15, -0.1) is 11.3 Å². The zero-order valence-electron chi connectivity index (χ0n) is 10.8. The number of benzene rings is 1. The molecule has 7 heteroatoms. The number of hydrogen-bond donors (Lipinski definition) is 0. The summed E-state index contributed by atoms with van der Waals surface area (Å²) in [6.45, 7) is 0. The Hall–Kier alpha value is -1.34. The first-order valence-corrected chi connectivity index (χ1v) is 7.75. The highest BCUT2D eigenvalue weighted by atomic mass is 79.9. The zero-order chi connectivity index (χ0) is 15.6. The third-order valence-corrected chi connectivity index (χ3v) is 4.63. The second kappa shape index (κ2) is 6.19. The maximum Gasteiger partial charge on any atom is 0.416 e. The van der Waals surface area contributed by atoms with Crippen LogP contribution in [0.5, 0.6) is 0 Å². The van der Waals surface area contributed by atoms with Crippen molar-refractivity contribution in [2.45, 2.75) is 11.5 Å². The second-order valence-corrected chi connectivity index (χ2v) is 5.78. The zero-order valence-corrected chi connectivity index (χ0v) is 13.2. The van der Waals surface area contributed by atoms with Gasteiger partial charge in [-0.1, -0.05) is 28.1 Å². The summed E-state index contributed by atoms with van der Waals surface area (Å²) in [5, 5.41) is 0.467. The van der Waals surface area contributed by atoms with Gasteiger partial charge in [0, 0.05) is 10.2 Å². The average molecular weight is 379 g/mol. The van der Waals surface area contributed by atoms with Crippen LogP contribution in [0.2, 0.25) is 0 Å². The van der Waals surface area contributed by atoms with Crippen LogP contribution in [0.25, 0.3) is 10.4 Å². The molecule has 0 aliphatic rings. The predicted octanol–water partition coefficient (Wildman–Crippen LogP) is 5.12. The first-order valence-electron chi connectivity index (χ1n) is 5.81. The fourth-order valence-electron chi connectivity index (χ4n) is 1.76. The van der Waals surface area contributed by atoms with E-state index in [4.69, 9.17) is 4.74 Å². The van der Waals surface area contributed by atoms with Crippen molar-refractivity contribution in [3.05, 3.63) is 46.3 Å². The van der Waals surface area contributed by atoms with E-state index in [-0.39, 0.29) is 0 Å². The Bertz CT molecular complexity index is 647. The summed E-state index contributed by atoms with van der Waals surface area (Å²) in [5.41, 5.74) is 0.684. The van der Waals surface area contributed by atoms with Gasteiger partial charge in [-0.05, 0) is 29.3 Å². The molecule has 2 nitrogen and oxygen atoms in total. The summed E-state index contributed by atoms with van der Waals surface area (Å²) in [6, 6.07) is 6.62. The van der Waals surface area contributed by atoms with Gasteiger partial charge in [0.25, 0.3) is 0 Å². The molecule has 0 bridgehead atoms. The molecule has 0 aliphatic carbocycles. The van der Waals surface area contributed by atoms with E-state index in [2.05, 4.69) is 15.9 Å². The minimum atomic E-state index is -4.35. The van der Waals surface area contributed by atoms with Gasteiger partial charge in [0.1, 0.15) is 4.88 Å². The van der Waals surface area contributed by atoms with E-state index in [0.29, 0.717) is 15.8 Å². The topological polar surface area (TPSA) is 26.3 Å². The van der Waals surface area contributed by atoms with E-state index in [1.165, 1.54) is 30.6 Å². The summed E-state index contributed by atoms with van der Waals surface area (Å²) in [6.07, 6.45) is -4.35. The van der Waals surface area contributed by atoms with Gasteiger partial charge >= 0.3 is 12.1 Å². The normalized spacial score (nSPS) is 11.5. The second-order valence-electron chi connectivity index (χ2n) is 4.17. The lowest BCUT2D eigenvalue weighted by Crippen LogP contribution is -2.03. The maximum absolute atomic E-state index is 12.5. The van der Waals surface area contributed by atoms with Gasteiger partial charge in [0.15, 0.2) is 0 Å². The molecule has 0 fully saturated rings. The van der Waals surface area contributed by atoms with E-state index in [1.807, 2.05) is 0 Å². The van der Waals surface area contributed by atoms with Crippen molar-refractivity contribution < 1.29 is 22.7 Å². The number of hydrogen-bond acceptors (Lipinski definition) is 3. The summed E-state index contributed by atoms with van der Waals surface area (Å²) in [5.74, 6) is -0.451. The first kappa shape index (κ1) is 16.0. The lowest BCUT2D eigenvalue weighted by atomic mass is 10.1. The van der Waals surface area contributed by atoms with E-state index in [9.17, 15) is 18.0 Å². The van der Waals surface area contributed by atoms with Crippen molar-refractivity contribution in [1.82, 2.24) is 0 Å². The molecule has 0 radical (unpaired) electrons. The van der Waals surface area contributed by atoms with Crippen LogP contribution in [0.15, 0.2) is 30.3 Å². The summed E-state index contributed by atoms with van der Waals surface area (Å²) >= 11 is 4.48. The fraction of sp³-hybridized carbons (Fsp3) is 0.214. The van der Waals surface area contributed by atoms with Crippen molar-refractivity contribution in [1.29, 1.82) is 0 Å². The van der Waals surface area contributed by atoms with Gasteiger partial charge in [-0.2, -0.15) is 13.2 Å². The summed E-state index contributed by atoms with van der Waals surface area (Å²) in [4.78, 5) is 12.8. The number of rotatable bonds is 3. The van der Waals surface area contributed by atoms with Crippen LogP contribution in [-0.4, -0.2) is 13.1 Å². The van der Waals surface area contributed by atoms with Crippen molar-refractivity contribution in [3.63, 3.8) is 0 Å². The molecule has 0 saturated heterocycles. The Kier molecular flexibility index (Phi) is 4.73. The smallest absolute Gasteiger partial charge is 0.416 e. The molecule has 0 amide bonds. The van der Waals surface area contributed by atoms with Gasteiger partial charge in [-0.25, -0.2) is 4.79 Å². The maximum atomic E-state index is 12.5. The Morgan fingerprint density at radius 3 is 2.38 bits per heavy atom. The molecule has 0 unspecified atom stereocenters. The summed E-state index contributed by atoms with van der Waals surface area (Å²) < 4.78 is 42.3. The molecule has 0 N–H and O–H groups in total. The number of halogens is 4. The predicted molar refractivity (Wildman–Crippen MR) is 78.7 cm³/mol. The number of carbonyl (C=O) groups excluding carboxylic acids is 1. The molecular formula is C14H10BrF3O2S. The Morgan fingerprint density at radius 1 is 1.29 bits per heavy atom. The van der Waals surface area contributed by atoms with E-state index < -0.39 is 17.7 Å².